The first-order valence-electron chi connectivity index (χ1n) is 12.2. The highest BCUT2D eigenvalue weighted by molar-refractivity contribution is 9.10. The number of hydrogen-bond acceptors (Lipinski definition) is 4. The minimum absolute atomic E-state index is 0.0196. The molecule has 0 saturated carbocycles. The monoisotopic (exact) mass is 563 g/mol. The van der Waals surface area contributed by atoms with Gasteiger partial charge in [0.2, 0.25) is 11.8 Å². The molecule has 1 N–H and O–H groups in total. The van der Waals surface area contributed by atoms with Crippen molar-refractivity contribution < 1.29 is 14.4 Å². The fourth-order valence-corrected chi connectivity index (χ4v) is 7.39. The van der Waals surface area contributed by atoms with Crippen LogP contribution in [0.4, 0.5) is 0 Å². The van der Waals surface area contributed by atoms with E-state index in [0.717, 1.165) is 28.4 Å². The number of halogens is 1. The lowest BCUT2D eigenvalue weighted by Crippen LogP contribution is -2.49. The number of likely N-dealkylation sites (tertiary alicyclic amines) is 1. The lowest BCUT2D eigenvalue weighted by Gasteiger charge is -2.34. The van der Waals surface area contributed by atoms with Crippen molar-refractivity contribution in [1.82, 2.24) is 15.1 Å². The predicted octanol–water partition coefficient (Wildman–Crippen LogP) is 4.46. The summed E-state index contributed by atoms with van der Waals surface area (Å²) >= 11 is 4.85. The smallest absolute Gasteiger partial charge is 0.264 e. The van der Waals surface area contributed by atoms with Crippen LogP contribution in [-0.2, 0) is 22.7 Å². The summed E-state index contributed by atoms with van der Waals surface area (Å²) in [5.41, 5.74) is 1.39. The molecule has 1 aromatic heterocycles. The molecule has 184 valence electrons. The van der Waals surface area contributed by atoms with E-state index in [1.165, 1.54) is 11.3 Å². The maximum absolute atomic E-state index is 13.9. The molecule has 2 bridgehead atoms. The highest BCUT2D eigenvalue weighted by atomic mass is 79.9. The van der Waals surface area contributed by atoms with Crippen LogP contribution in [-0.4, -0.2) is 45.6 Å². The summed E-state index contributed by atoms with van der Waals surface area (Å²) in [6.07, 6.45) is 1.48. The van der Waals surface area contributed by atoms with Crippen molar-refractivity contribution in [3.8, 4) is 0 Å². The Morgan fingerprint density at radius 3 is 2.53 bits per heavy atom. The summed E-state index contributed by atoms with van der Waals surface area (Å²) in [6, 6.07) is 21.1. The molecule has 0 unspecified atom stereocenters. The van der Waals surface area contributed by atoms with Crippen molar-refractivity contribution in [3.63, 3.8) is 0 Å². The van der Waals surface area contributed by atoms with Gasteiger partial charge in [-0.1, -0.05) is 64.5 Å². The Bertz CT molecular complexity index is 1300. The molecule has 1 spiro atoms. The first-order valence-corrected chi connectivity index (χ1v) is 13.9. The molecule has 2 aromatic carbocycles. The van der Waals surface area contributed by atoms with Gasteiger partial charge in [0, 0.05) is 30.1 Å². The number of amides is 3. The number of carbonyl (C=O) groups excluding carboxylic acids is 3. The summed E-state index contributed by atoms with van der Waals surface area (Å²) in [5.74, 6) is -1.29. The van der Waals surface area contributed by atoms with Gasteiger partial charge in [0.25, 0.3) is 5.91 Å². The molecule has 0 aliphatic carbocycles. The van der Waals surface area contributed by atoms with Gasteiger partial charge in [-0.05, 0) is 47.5 Å². The van der Waals surface area contributed by atoms with Crippen molar-refractivity contribution in [3.05, 3.63) is 92.6 Å². The van der Waals surface area contributed by atoms with Gasteiger partial charge in [0.15, 0.2) is 0 Å². The second kappa shape index (κ2) is 9.16. The summed E-state index contributed by atoms with van der Waals surface area (Å²) in [6.45, 7) is 1.34. The normalized spacial score (nSPS) is 26.4. The number of fused-ring (bicyclic) bond motifs is 1. The number of rotatable bonds is 6. The molecular formula is C28H26BrN3O3S. The lowest BCUT2D eigenvalue weighted by molar-refractivity contribution is -0.138. The summed E-state index contributed by atoms with van der Waals surface area (Å²) in [5, 5.41) is 4.97. The van der Waals surface area contributed by atoms with Gasteiger partial charge in [-0.3, -0.25) is 14.4 Å². The van der Waals surface area contributed by atoms with Crippen molar-refractivity contribution in [1.29, 1.82) is 0 Å². The van der Waals surface area contributed by atoms with Crippen LogP contribution in [0.2, 0.25) is 0 Å². The van der Waals surface area contributed by atoms with Crippen molar-refractivity contribution in [2.75, 3.05) is 6.54 Å². The quantitative estimate of drug-likeness (QED) is 0.481. The molecule has 4 atom stereocenters. The molecule has 3 aliphatic heterocycles. The number of hydrogen-bond donors (Lipinski definition) is 1. The fourth-order valence-electron chi connectivity index (χ4n) is 6.47. The molecule has 3 saturated heterocycles. The van der Waals surface area contributed by atoms with E-state index in [2.05, 4.69) is 21.2 Å². The van der Waals surface area contributed by atoms with Gasteiger partial charge in [0.1, 0.15) is 0 Å². The Balaban J connectivity index is 1.31. The molecule has 6 nitrogen and oxygen atoms in total. The van der Waals surface area contributed by atoms with Crippen LogP contribution >= 0.6 is 27.3 Å². The minimum atomic E-state index is -0.642. The van der Waals surface area contributed by atoms with Gasteiger partial charge in [-0.15, -0.1) is 11.3 Å². The Hall–Kier alpha value is -2.97. The standard InChI is InChI=1S/C28H26BrN3O3S/c29-20-10-8-18(9-11-20)15-30-25(33)23-21-12-13-28(32(21)26(34)22-7-4-14-36-22)17-31(27(35)24(23)28)16-19-5-2-1-3-6-19/h1-11,14,21,23-24H,12-13,15-17H2,(H,30,33)/t21-,23+,24+,28-/m0/s1. The van der Waals surface area contributed by atoms with E-state index in [4.69, 9.17) is 0 Å². The van der Waals surface area contributed by atoms with Crippen LogP contribution in [0.25, 0.3) is 0 Å². The van der Waals surface area contributed by atoms with Crippen LogP contribution in [0.5, 0.6) is 0 Å². The number of thiophene rings is 1. The highest BCUT2D eigenvalue weighted by Gasteiger charge is 2.72. The Morgan fingerprint density at radius 2 is 1.81 bits per heavy atom. The molecule has 36 heavy (non-hydrogen) atoms. The number of nitrogens with one attached hydrogen (secondary N) is 1. The van der Waals surface area contributed by atoms with Gasteiger partial charge >= 0.3 is 0 Å². The molecule has 0 radical (unpaired) electrons. The van der Waals surface area contributed by atoms with Gasteiger partial charge in [-0.25, -0.2) is 0 Å². The van der Waals surface area contributed by atoms with Crippen LogP contribution in [0.3, 0.4) is 0 Å². The van der Waals surface area contributed by atoms with Gasteiger partial charge in [-0.2, -0.15) is 0 Å². The third kappa shape index (κ3) is 3.78. The topological polar surface area (TPSA) is 69.7 Å². The van der Waals surface area contributed by atoms with E-state index in [1.807, 2.05) is 81.9 Å². The van der Waals surface area contributed by atoms with Crippen LogP contribution in [0, 0.1) is 11.8 Å². The molecule has 4 heterocycles. The fraction of sp³-hybridized carbons (Fsp3) is 0.321. The van der Waals surface area contributed by atoms with Crippen molar-refractivity contribution >= 4 is 45.0 Å². The zero-order chi connectivity index (χ0) is 24.9. The maximum Gasteiger partial charge on any atom is 0.264 e. The minimum Gasteiger partial charge on any atom is -0.352 e. The molecule has 6 rings (SSSR count). The number of benzene rings is 2. The van der Waals surface area contributed by atoms with Crippen LogP contribution < -0.4 is 5.32 Å². The maximum atomic E-state index is 13.9. The molecule has 8 heteroatoms. The van der Waals surface area contributed by atoms with Crippen molar-refractivity contribution in [2.45, 2.75) is 37.5 Å². The molecule has 3 amide bonds. The SMILES string of the molecule is O=C(NCc1ccc(Br)cc1)[C@@H]1[C@@H]2CC[C@@]3(CN(Cc4ccccc4)C(=O)[C@@H]13)N2C(=O)c1cccs1. The Kier molecular flexibility index (Phi) is 5.96. The lowest BCUT2D eigenvalue weighted by atomic mass is 9.72. The van der Waals surface area contributed by atoms with Crippen LogP contribution in [0.15, 0.2) is 76.6 Å². The molecule has 3 aromatic rings. The molecule has 3 aliphatic rings. The van der Waals surface area contributed by atoms with E-state index in [1.54, 1.807) is 0 Å². The third-order valence-corrected chi connectivity index (χ3v) is 9.32. The zero-order valence-corrected chi connectivity index (χ0v) is 22.0. The largest absolute Gasteiger partial charge is 0.352 e. The van der Waals surface area contributed by atoms with E-state index in [0.29, 0.717) is 24.5 Å². The second-order valence-electron chi connectivity index (χ2n) is 9.89. The first-order chi connectivity index (χ1) is 17.5. The van der Waals surface area contributed by atoms with E-state index >= 15 is 0 Å². The predicted molar refractivity (Wildman–Crippen MR) is 141 cm³/mol. The number of nitrogens with zero attached hydrogens (tertiary/aromatic N) is 2. The summed E-state index contributed by atoms with van der Waals surface area (Å²) in [7, 11) is 0. The molecule has 3 fully saturated rings. The summed E-state index contributed by atoms with van der Waals surface area (Å²) in [4.78, 5) is 45.7. The van der Waals surface area contributed by atoms with E-state index in [-0.39, 0.29) is 23.8 Å². The number of carbonyl (C=O) groups is 3. The summed E-state index contributed by atoms with van der Waals surface area (Å²) < 4.78 is 0.977. The zero-order valence-electron chi connectivity index (χ0n) is 19.6. The second-order valence-corrected chi connectivity index (χ2v) is 11.8. The van der Waals surface area contributed by atoms with Crippen LogP contribution in [0.1, 0.15) is 33.6 Å². The van der Waals surface area contributed by atoms with Gasteiger partial charge < -0.3 is 15.1 Å². The average molecular weight is 565 g/mol. The van der Waals surface area contributed by atoms with E-state index < -0.39 is 17.4 Å². The first kappa shape index (κ1) is 23.4. The van der Waals surface area contributed by atoms with E-state index in [9.17, 15) is 14.4 Å². The van der Waals surface area contributed by atoms with Crippen molar-refractivity contribution in [2.24, 2.45) is 11.8 Å². The third-order valence-electron chi connectivity index (χ3n) is 7.93. The Morgan fingerprint density at radius 1 is 1.03 bits per heavy atom. The molecular weight excluding hydrogens is 538 g/mol. The Labute approximate surface area is 222 Å². The highest BCUT2D eigenvalue weighted by Crippen LogP contribution is 2.58. The average Bonchev–Trinajstić information content (AvgIpc) is 3.65. The van der Waals surface area contributed by atoms with Gasteiger partial charge in [0.05, 0.1) is 22.3 Å².